The van der Waals surface area contributed by atoms with Crippen LogP contribution in [0.1, 0.15) is 38.4 Å². The highest BCUT2D eigenvalue weighted by atomic mass is 19.3. The molecule has 0 radical (unpaired) electrons. The minimum absolute atomic E-state index is 0.0995. The van der Waals surface area contributed by atoms with E-state index in [1.807, 2.05) is 20.8 Å². The van der Waals surface area contributed by atoms with E-state index >= 15 is 0 Å². The molecule has 0 aromatic carbocycles. The third kappa shape index (κ3) is 1.46. The standard InChI is InChI=1S/C11H14F2N2O2/c1-9(2,3)7-6(4-14-15-7)10(8(16)17)5-11(10,12)13/h4H,5H2,1-3H3,(H,14,15)(H,16,17). The van der Waals surface area contributed by atoms with Gasteiger partial charge in [-0.15, -0.1) is 0 Å². The van der Waals surface area contributed by atoms with Crippen LogP contribution in [-0.4, -0.2) is 27.2 Å². The summed E-state index contributed by atoms with van der Waals surface area (Å²) in [5.74, 6) is -4.68. The molecule has 1 fully saturated rings. The van der Waals surface area contributed by atoms with Crippen molar-refractivity contribution in [2.24, 2.45) is 0 Å². The number of carboxylic acids is 1. The smallest absolute Gasteiger partial charge is 0.320 e. The van der Waals surface area contributed by atoms with Crippen molar-refractivity contribution in [2.45, 2.75) is 43.9 Å². The summed E-state index contributed by atoms with van der Waals surface area (Å²) < 4.78 is 26.8. The Morgan fingerprint density at radius 3 is 2.41 bits per heavy atom. The number of halogens is 2. The van der Waals surface area contributed by atoms with Crippen LogP contribution in [0.3, 0.4) is 0 Å². The first kappa shape index (κ1) is 12.0. The molecule has 1 heterocycles. The van der Waals surface area contributed by atoms with Gasteiger partial charge in [0.05, 0.1) is 6.20 Å². The number of nitrogens with one attached hydrogen (secondary N) is 1. The Kier molecular flexibility index (Phi) is 2.16. The van der Waals surface area contributed by atoms with Crippen molar-refractivity contribution in [1.82, 2.24) is 10.2 Å². The lowest BCUT2D eigenvalue weighted by molar-refractivity contribution is -0.143. The van der Waals surface area contributed by atoms with Gasteiger partial charge in [0.15, 0.2) is 5.41 Å². The van der Waals surface area contributed by atoms with E-state index in [1.165, 1.54) is 6.20 Å². The molecule has 1 aromatic heterocycles. The van der Waals surface area contributed by atoms with Gasteiger partial charge in [0.2, 0.25) is 0 Å². The van der Waals surface area contributed by atoms with E-state index in [0.717, 1.165) is 0 Å². The fourth-order valence-corrected chi connectivity index (χ4v) is 2.11. The topological polar surface area (TPSA) is 66.0 Å². The van der Waals surface area contributed by atoms with Crippen LogP contribution < -0.4 is 0 Å². The number of hydrogen-bond acceptors (Lipinski definition) is 2. The monoisotopic (exact) mass is 244 g/mol. The molecule has 2 N–H and O–H groups in total. The Bertz CT molecular complexity index is 476. The first-order chi connectivity index (χ1) is 7.63. The summed E-state index contributed by atoms with van der Waals surface area (Å²) >= 11 is 0. The predicted molar refractivity (Wildman–Crippen MR) is 56.2 cm³/mol. The highest BCUT2D eigenvalue weighted by molar-refractivity contribution is 5.88. The van der Waals surface area contributed by atoms with Crippen LogP contribution >= 0.6 is 0 Å². The van der Waals surface area contributed by atoms with Gasteiger partial charge < -0.3 is 5.11 Å². The number of aromatic amines is 1. The minimum Gasteiger partial charge on any atom is -0.480 e. The Balaban J connectivity index is 2.56. The molecule has 1 aromatic rings. The largest absolute Gasteiger partial charge is 0.480 e. The van der Waals surface area contributed by atoms with E-state index in [-0.39, 0.29) is 5.56 Å². The second kappa shape index (κ2) is 3.05. The molecule has 6 heteroatoms. The van der Waals surface area contributed by atoms with Crippen molar-refractivity contribution >= 4 is 5.97 Å². The summed E-state index contributed by atoms with van der Waals surface area (Å²) in [5.41, 5.74) is -1.99. The third-order valence-electron chi connectivity index (χ3n) is 3.20. The van der Waals surface area contributed by atoms with Crippen molar-refractivity contribution < 1.29 is 18.7 Å². The molecule has 4 nitrogen and oxygen atoms in total. The number of rotatable bonds is 2. The molecule has 0 bridgehead atoms. The number of hydrogen-bond donors (Lipinski definition) is 2. The van der Waals surface area contributed by atoms with Crippen molar-refractivity contribution in [3.8, 4) is 0 Å². The zero-order valence-electron chi connectivity index (χ0n) is 9.84. The molecule has 2 rings (SSSR count). The van der Waals surface area contributed by atoms with Crippen LogP contribution in [0.4, 0.5) is 8.78 Å². The molecule has 0 spiro atoms. The highest BCUT2D eigenvalue weighted by Gasteiger charge is 2.78. The van der Waals surface area contributed by atoms with Crippen LogP contribution in [0.25, 0.3) is 0 Å². The van der Waals surface area contributed by atoms with Gasteiger partial charge in [-0.25, -0.2) is 8.78 Å². The van der Waals surface area contributed by atoms with E-state index in [4.69, 9.17) is 5.11 Å². The number of nitrogens with zero attached hydrogens (tertiary/aromatic N) is 1. The van der Waals surface area contributed by atoms with Gasteiger partial charge in [-0.3, -0.25) is 9.89 Å². The predicted octanol–water partition coefficient (Wildman–Crippen LogP) is 2.07. The Labute approximate surface area is 97.0 Å². The van der Waals surface area contributed by atoms with E-state index in [1.54, 1.807) is 0 Å². The number of carboxylic acid groups (broad SMARTS) is 1. The van der Waals surface area contributed by atoms with E-state index in [2.05, 4.69) is 10.2 Å². The lowest BCUT2D eigenvalue weighted by atomic mass is 9.84. The zero-order chi connectivity index (χ0) is 13.1. The van der Waals surface area contributed by atoms with Gasteiger partial charge in [-0.1, -0.05) is 20.8 Å². The summed E-state index contributed by atoms with van der Waals surface area (Å²) in [7, 11) is 0. The second-order valence-corrected chi connectivity index (χ2v) is 5.50. The average molecular weight is 244 g/mol. The van der Waals surface area contributed by atoms with Gasteiger partial charge in [-0.2, -0.15) is 5.10 Å². The summed E-state index contributed by atoms with van der Waals surface area (Å²) in [6.45, 7) is 5.46. The van der Waals surface area contributed by atoms with Crippen LogP contribution in [0.5, 0.6) is 0 Å². The first-order valence-electron chi connectivity index (χ1n) is 5.28. The molecular formula is C11H14F2N2O2. The number of aromatic nitrogens is 2. The summed E-state index contributed by atoms with van der Waals surface area (Å²) in [6, 6.07) is 0. The number of carbonyl (C=O) groups is 1. The fraction of sp³-hybridized carbons (Fsp3) is 0.636. The van der Waals surface area contributed by atoms with Crippen LogP contribution in [0, 0.1) is 0 Å². The van der Waals surface area contributed by atoms with Crippen LogP contribution in [-0.2, 0) is 15.6 Å². The van der Waals surface area contributed by atoms with Gasteiger partial charge in [0, 0.05) is 23.1 Å². The molecule has 94 valence electrons. The van der Waals surface area contributed by atoms with E-state index in [0.29, 0.717) is 5.69 Å². The number of alkyl halides is 2. The molecule has 1 aliphatic rings. The van der Waals surface area contributed by atoms with E-state index < -0.39 is 29.1 Å². The van der Waals surface area contributed by atoms with Gasteiger partial charge >= 0.3 is 5.97 Å². The third-order valence-corrected chi connectivity index (χ3v) is 3.20. The molecular weight excluding hydrogens is 230 g/mol. The lowest BCUT2D eigenvalue weighted by Gasteiger charge is -2.21. The molecule has 1 unspecified atom stereocenters. The van der Waals surface area contributed by atoms with Crippen molar-refractivity contribution in [1.29, 1.82) is 0 Å². The highest BCUT2D eigenvalue weighted by Crippen LogP contribution is 2.62. The Hall–Kier alpha value is -1.46. The van der Waals surface area contributed by atoms with Gasteiger partial charge in [-0.05, 0) is 0 Å². The summed E-state index contributed by atoms with van der Waals surface area (Å²) in [4.78, 5) is 11.2. The number of aliphatic carboxylic acids is 1. The quantitative estimate of drug-likeness (QED) is 0.836. The van der Waals surface area contributed by atoms with Gasteiger partial charge in [0.1, 0.15) is 0 Å². The molecule has 1 saturated carbocycles. The molecule has 1 aliphatic carbocycles. The van der Waals surface area contributed by atoms with Crippen molar-refractivity contribution in [3.05, 3.63) is 17.5 Å². The fourth-order valence-electron chi connectivity index (χ4n) is 2.11. The first-order valence-corrected chi connectivity index (χ1v) is 5.28. The Morgan fingerprint density at radius 2 is 2.06 bits per heavy atom. The molecule has 17 heavy (non-hydrogen) atoms. The van der Waals surface area contributed by atoms with Crippen molar-refractivity contribution in [2.75, 3.05) is 0 Å². The normalized spacial score (nSPS) is 26.9. The minimum atomic E-state index is -3.19. The lowest BCUT2D eigenvalue weighted by Crippen LogP contribution is -2.30. The second-order valence-electron chi connectivity index (χ2n) is 5.50. The molecule has 0 amide bonds. The summed E-state index contributed by atoms with van der Waals surface area (Å²) in [5, 5.41) is 15.4. The Morgan fingerprint density at radius 1 is 1.53 bits per heavy atom. The summed E-state index contributed by atoms with van der Waals surface area (Å²) in [6.07, 6.45) is 0.549. The molecule has 0 saturated heterocycles. The van der Waals surface area contributed by atoms with Crippen molar-refractivity contribution in [3.63, 3.8) is 0 Å². The zero-order valence-corrected chi connectivity index (χ0v) is 9.84. The van der Waals surface area contributed by atoms with Gasteiger partial charge in [0.25, 0.3) is 5.92 Å². The van der Waals surface area contributed by atoms with Crippen LogP contribution in [0.2, 0.25) is 0 Å². The molecule has 1 atom stereocenters. The maximum Gasteiger partial charge on any atom is 0.320 e. The maximum absolute atomic E-state index is 13.4. The molecule has 0 aliphatic heterocycles. The maximum atomic E-state index is 13.4. The SMILES string of the molecule is CC(C)(C)c1[nH]ncc1C1(C(=O)O)CC1(F)F. The number of H-pyrrole nitrogens is 1. The van der Waals surface area contributed by atoms with E-state index in [9.17, 15) is 13.6 Å². The average Bonchev–Trinajstić information content (AvgIpc) is 2.60. The van der Waals surface area contributed by atoms with Crippen LogP contribution in [0.15, 0.2) is 6.20 Å².